The Morgan fingerprint density at radius 2 is 2.67 bits per heavy atom. The summed E-state index contributed by atoms with van der Waals surface area (Å²) in [7, 11) is 2.11. The van der Waals surface area contributed by atoms with Crippen molar-refractivity contribution in [1.29, 1.82) is 0 Å². The van der Waals surface area contributed by atoms with Crippen molar-refractivity contribution in [2.24, 2.45) is 0 Å². The topological polar surface area (TPSA) is 25.4 Å². The number of aromatic nitrogens is 1. The molecular weight excluding hydrogens is 172 g/mol. The van der Waals surface area contributed by atoms with Gasteiger partial charge in [-0.2, -0.15) is 0 Å². The first-order valence-electron chi connectivity index (χ1n) is 4.06. The summed E-state index contributed by atoms with van der Waals surface area (Å²) < 4.78 is 5.60. The number of likely N-dealkylation sites (N-methyl/N-ethyl adjacent to an activating group) is 1. The quantitative estimate of drug-likeness (QED) is 0.654. The Hall–Kier alpha value is -0.450. The minimum absolute atomic E-state index is 0.198. The molecule has 4 heteroatoms. The second-order valence-corrected chi connectivity index (χ2v) is 3.92. The fraction of sp³-hybridized carbons (Fsp3) is 0.625. The van der Waals surface area contributed by atoms with Gasteiger partial charge in [-0.05, 0) is 7.05 Å². The van der Waals surface area contributed by atoms with Crippen LogP contribution in [0, 0.1) is 0 Å². The summed E-state index contributed by atoms with van der Waals surface area (Å²) in [5.41, 5.74) is 0. The lowest BCUT2D eigenvalue weighted by atomic mass is 10.3. The SMILES string of the molecule is CN1CCOC(c2nccs2)C1. The molecule has 0 aliphatic carbocycles. The van der Waals surface area contributed by atoms with Crippen LogP contribution in [0.3, 0.4) is 0 Å². The van der Waals surface area contributed by atoms with Crippen LogP contribution in [0.25, 0.3) is 0 Å². The molecule has 0 bridgehead atoms. The average Bonchev–Trinajstić information content (AvgIpc) is 2.56. The van der Waals surface area contributed by atoms with Crippen molar-refractivity contribution in [2.45, 2.75) is 6.10 Å². The molecule has 1 aliphatic heterocycles. The molecular formula is C8H12N2OS. The van der Waals surface area contributed by atoms with Crippen LogP contribution in [0.4, 0.5) is 0 Å². The van der Waals surface area contributed by atoms with E-state index in [4.69, 9.17) is 4.74 Å². The van der Waals surface area contributed by atoms with E-state index in [-0.39, 0.29) is 6.10 Å². The monoisotopic (exact) mass is 184 g/mol. The van der Waals surface area contributed by atoms with E-state index in [0.717, 1.165) is 24.7 Å². The van der Waals surface area contributed by atoms with Gasteiger partial charge in [0.2, 0.25) is 0 Å². The molecule has 0 aromatic carbocycles. The summed E-state index contributed by atoms with van der Waals surface area (Å²) in [6.45, 7) is 2.82. The number of nitrogens with zero attached hydrogens (tertiary/aromatic N) is 2. The zero-order valence-electron chi connectivity index (χ0n) is 7.06. The van der Waals surface area contributed by atoms with Gasteiger partial charge in [0.1, 0.15) is 11.1 Å². The molecule has 0 spiro atoms. The molecule has 12 heavy (non-hydrogen) atoms. The van der Waals surface area contributed by atoms with E-state index >= 15 is 0 Å². The van der Waals surface area contributed by atoms with Crippen molar-refractivity contribution in [1.82, 2.24) is 9.88 Å². The predicted molar refractivity (Wildman–Crippen MR) is 48.3 cm³/mol. The molecule has 1 unspecified atom stereocenters. The highest BCUT2D eigenvalue weighted by Gasteiger charge is 2.20. The van der Waals surface area contributed by atoms with Gasteiger partial charge >= 0.3 is 0 Å². The van der Waals surface area contributed by atoms with Gasteiger partial charge in [-0.1, -0.05) is 0 Å². The predicted octanol–water partition coefficient (Wildman–Crippen LogP) is 1.15. The van der Waals surface area contributed by atoms with Crippen molar-refractivity contribution < 1.29 is 4.74 Å². The molecule has 1 aromatic heterocycles. The molecule has 1 atom stereocenters. The maximum Gasteiger partial charge on any atom is 0.123 e. The average molecular weight is 184 g/mol. The molecule has 1 aliphatic rings. The Morgan fingerprint density at radius 1 is 1.75 bits per heavy atom. The van der Waals surface area contributed by atoms with Gasteiger partial charge in [-0.15, -0.1) is 11.3 Å². The largest absolute Gasteiger partial charge is 0.368 e. The minimum Gasteiger partial charge on any atom is -0.368 e. The summed E-state index contributed by atoms with van der Waals surface area (Å²) in [6, 6.07) is 0. The first-order chi connectivity index (χ1) is 5.86. The summed E-state index contributed by atoms with van der Waals surface area (Å²) >= 11 is 1.67. The van der Waals surface area contributed by atoms with E-state index in [0.29, 0.717) is 0 Å². The van der Waals surface area contributed by atoms with Gasteiger partial charge in [0.05, 0.1) is 6.61 Å². The second kappa shape index (κ2) is 3.51. The minimum atomic E-state index is 0.198. The number of thiazole rings is 1. The van der Waals surface area contributed by atoms with E-state index in [1.165, 1.54) is 0 Å². The van der Waals surface area contributed by atoms with Crippen LogP contribution in [-0.2, 0) is 4.74 Å². The van der Waals surface area contributed by atoms with Crippen molar-refractivity contribution in [3.8, 4) is 0 Å². The molecule has 0 radical (unpaired) electrons. The summed E-state index contributed by atoms with van der Waals surface area (Å²) in [5.74, 6) is 0. The Balaban J connectivity index is 2.04. The lowest BCUT2D eigenvalue weighted by Crippen LogP contribution is -2.35. The normalized spacial score (nSPS) is 25.9. The van der Waals surface area contributed by atoms with Crippen LogP contribution < -0.4 is 0 Å². The highest BCUT2D eigenvalue weighted by molar-refractivity contribution is 7.09. The fourth-order valence-electron chi connectivity index (χ4n) is 1.32. The number of ether oxygens (including phenoxy) is 1. The standard InChI is InChI=1S/C8H12N2OS/c1-10-3-4-11-7(6-10)8-9-2-5-12-8/h2,5,7H,3-4,6H2,1H3. The van der Waals surface area contributed by atoms with E-state index < -0.39 is 0 Å². The van der Waals surface area contributed by atoms with Crippen LogP contribution in [0.15, 0.2) is 11.6 Å². The third-order valence-electron chi connectivity index (χ3n) is 2.00. The van der Waals surface area contributed by atoms with Crippen molar-refractivity contribution in [3.05, 3.63) is 16.6 Å². The molecule has 1 fully saturated rings. The van der Waals surface area contributed by atoms with Crippen molar-refractivity contribution in [2.75, 3.05) is 26.7 Å². The van der Waals surface area contributed by atoms with Gasteiger partial charge in [0, 0.05) is 24.7 Å². The molecule has 1 aromatic rings. The van der Waals surface area contributed by atoms with Crippen molar-refractivity contribution >= 4 is 11.3 Å². The van der Waals surface area contributed by atoms with Crippen LogP contribution in [0.1, 0.15) is 11.1 Å². The lowest BCUT2D eigenvalue weighted by molar-refractivity contribution is -0.0209. The number of hydrogen-bond acceptors (Lipinski definition) is 4. The molecule has 66 valence electrons. The molecule has 0 amide bonds. The van der Waals surface area contributed by atoms with E-state index in [1.807, 2.05) is 11.6 Å². The molecule has 1 saturated heterocycles. The Bertz CT molecular complexity index is 237. The van der Waals surface area contributed by atoms with Crippen LogP contribution in [-0.4, -0.2) is 36.6 Å². The third-order valence-corrected chi connectivity index (χ3v) is 2.86. The van der Waals surface area contributed by atoms with Crippen LogP contribution in [0.2, 0.25) is 0 Å². The number of rotatable bonds is 1. The zero-order chi connectivity index (χ0) is 8.39. The smallest absolute Gasteiger partial charge is 0.123 e. The molecule has 3 nitrogen and oxygen atoms in total. The highest BCUT2D eigenvalue weighted by Crippen LogP contribution is 2.22. The van der Waals surface area contributed by atoms with Gasteiger partial charge in [-0.3, -0.25) is 0 Å². The second-order valence-electron chi connectivity index (χ2n) is 2.99. The van der Waals surface area contributed by atoms with E-state index in [1.54, 1.807) is 11.3 Å². The molecule has 2 heterocycles. The number of hydrogen-bond donors (Lipinski definition) is 0. The first-order valence-corrected chi connectivity index (χ1v) is 4.94. The Kier molecular flexibility index (Phi) is 2.39. The summed E-state index contributed by atoms with van der Waals surface area (Å²) in [4.78, 5) is 6.51. The fourth-order valence-corrected chi connectivity index (χ4v) is 2.00. The molecule has 0 N–H and O–H groups in total. The van der Waals surface area contributed by atoms with Crippen LogP contribution >= 0.6 is 11.3 Å². The zero-order valence-corrected chi connectivity index (χ0v) is 7.88. The molecule has 0 saturated carbocycles. The van der Waals surface area contributed by atoms with Crippen molar-refractivity contribution in [3.63, 3.8) is 0 Å². The van der Waals surface area contributed by atoms with Gasteiger partial charge in [0.15, 0.2) is 0 Å². The van der Waals surface area contributed by atoms with Crippen LogP contribution in [0.5, 0.6) is 0 Å². The molecule has 2 rings (SSSR count). The summed E-state index contributed by atoms with van der Waals surface area (Å²) in [5, 5.41) is 3.09. The number of morpholine rings is 1. The van der Waals surface area contributed by atoms with Gasteiger partial charge in [-0.25, -0.2) is 4.98 Å². The van der Waals surface area contributed by atoms with E-state index in [2.05, 4.69) is 16.9 Å². The Morgan fingerprint density at radius 3 is 3.33 bits per heavy atom. The maximum atomic E-state index is 5.60. The maximum absolute atomic E-state index is 5.60. The van der Waals surface area contributed by atoms with Gasteiger partial charge in [0.25, 0.3) is 0 Å². The summed E-state index contributed by atoms with van der Waals surface area (Å²) in [6.07, 6.45) is 2.03. The van der Waals surface area contributed by atoms with Gasteiger partial charge < -0.3 is 9.64 Å². The highest BCUT2D eigenvalue weighted by atomic mass is 32.1. The first kappa shape index (κ1) is 8.16. The van der Waals surface area contributed by atoms with E-state index in [9.17, 15) is 0 Å². The third kappa shape index (κ3) is 1.65. The Labute approximate surface area is 76.0 Å². The lowest BCUT2D eigenvalue weighted by Gasteiger charge is -2.28.